The van der Waals surface area contributed by atoms with Crippen LogP contribution in [0.3, 0.4) is 0 Å². The van der Waals surface area contributed by atoms with Gasteiger partial charge in [-0.2, -0.15) is 15.2 Å². The SMILES string of the molecule is N#CN1C2CCC1CN(c1nc(OC[C@@]34CCCN3C[C@H](F)C4)nc3c1CCN(c1cccc4ccc(F)c(Cl)c14)C3)C2. The molecule has 224 valence electrons. The maximum absolute atomic E-state index is 14.6. The number of hydrogen-bond acceptors (Lipinski definition) is 8. The van der Waals surface area contributed by atoms with Crippen molar-refractivity contribution in [3.63, 3.8) is 0 Å². The van der Waals surface area contributed by atoms with Gasteiger partial charge < -0.3 is 19.4 Å². The van der Waals surface area contributed by atoms with Crippen LogP contribution in [0.5, 0.6) is 6.01 Å². The van der Waals surface area contributed by atoms with Crippen molar-refractivity contribution in [2.45, 2.75) is 68.9 Å². The minimum Gasteiger partial charge on any atom is -0.461 e. The maximum atomic E-state index is 14.6. The third-order valence-corrected chi connectivity index (χ3v) is 10.8. The number of fused-ring (bicyclic) bond motifs is 5. The topological polar surface area (TPSA) is 71.8 Å². The molecule has 0 amide bonds. The van der Waals surface area contributed by atoms with Gasteiger partial charge in [0.1, 0.15) is 24.4 Å². The number of piperazine rings is 1. The highest BCUT2D eigenvalue weighted by Gasteiger charge is 2.49. The van der Waals surface area contributed by atoms with E-state index in [0.717, 1.165) is 73.5 Å². The van der Waals surface area contributed by atoms with Crippen molar-refractivity contribution in [3.8, 4) is 12.2 Å². The molecule has 4 atom stereocenters. The summed E-state index contributed by atoms with van der Waals surface area (Å²) >= 11 is 6.51. The van der Waals surface area contributed by atoms with Crippen LogP contribution in [0.15, 0.2) is 30.3 Å². The summed E-state index contributed by atoms with van der Waals surface area (Å²) < 4.78 is 35.4. The van der Waals surface area contributed by atoms with E-state index in [-0.39, 0.29) is 22.6 Å². The van der Waals surface area contributed by atoms with E-state index in [1.807, 2.05) is 23.1 Å². The van der Waals surface area contributed by atoms with Crippen molar-refractivity contribution in [2.24, 2.45) is 0 Å². The summed E-state index contributed by atoms with van der Waals surface area (Å²) in [7, 11) is 0. The molecule has 5 aliphatic heterocycles. The number of aromatic nitrogens is 2. The molecule has 2 bridgehead atoms. The van der Waals surface area contributed by atoms with Gasteiger partial charge in [-0.1, -0.05) is 29.8 Å². The monoisotopic (exact) mass is 605 g/mol. The lowest BCUT2D eigenvalue weighted by Crippen LogP contribution is -2.52. The van der Waals surface area contributed by atoms with Crippen LogP contribution in [-0.4, -0.2) is 82.9 Å². The van der Waals surface area contributed by atoms with Gasteiger partial charge in [0.05, 0.1) is 34.9 Å². The van der Waals surface area contributed by atoms with E-state index in [2.05, 4.69) is 20.9 Å². The Morgan fingerprint density at radius 2 is 1.91 bits per heavy atom. The van der Waals surface area contributed by atoms with E-state index in [1.165, 1.54) is 6.07 Å². The number of ether oxygens (including phenoxy) is 1. The van der Waals surface area contributed by atoms with E-state index in [0.29, 0.717) is 50.5 Å². The van der Waals surface area contributed by atoms with Crippen molar-refractivity contribution >= 4 is 33.9 Å². The zero-order valence-electron chi connectivity index (χ0n) is 24.0. The number of nitriles is 1. The Morgan fingerprint density at radius 1 is 1.07 bits per heavy atom. The zero-order chi connectivity index (χ0) is 29.3. The van der Waals surface area contributed by atoms with Crippen LogP contribution in [0.4, 0.5) is 20.3 Å². The quantitative estimate of drug-likeness (QED) is 0.373. The molecule has 0 spiro atoms. The highest BCUT2D eigenvalue weighted by Crippen LogP contribution is 2.42. The Balaban J connectivity index is 1.15. The summed E-state index contributed by atoms with van der Waals surface area (Å²) in [6.07, 6.45) is 6.72. The number of hydrogen-bond donors (Lipinski definition) is 0. The fourth-order valence-electron chi connectivity index (χ4n) is 8.36. The third-order valence-electron chi connectivity index (χ3n) is 10.4. The number of benzene rings is 2. The summed E-state index contributed by atoms with van der Waals surface area (Å²) in [5.74, 6) is 0.444. The lowest BCUT2D eigenvalue weighted by molar-refractivity contribution is 0.107. The predicted molar refractivity (Wildman–Crippen MR) is 161 cm³/mol. The molecule has 0 radical (unpaired) electrons. The Bertz CT molecular complexity index is 1620. The average molecular weight is 606 g/mol. The molecule has 5 aliphatic rings. The number of halogens is 3. The highest BCUT2D eigenvalue weighted by atomic mass is 35.5. The van der Waals surface area contributed by atoms with Gasteiger partial charge in [-0.05, 0) is 56.2 Å². The third kappa shape index (κ3) is 4.46. The lowest BCUT2D eigenvalue weighted by atomic mass is 9.95. The Labute approximate surface area is 254 Å². The van der Waals surface area contributed by atoms with Crippen molar-refractivity contribution in [1.82, 2.24) is 19.8 Å². The summed E-state index contributed by atoms with van der Waals surface area (Å²) in [4.78, 5) is 18.7. The summed E-state index contributed by atoms with van der Waals surface area (Å²) in [5, 5.41) is 11.4. The first kappa shape index (κ1) is 27.2. The molecule has 6 heterocycles. The van der Waals surface area contributed by atoms with Gasteiger partial charge in [-0.3, -0.25) is 4.90 Å². The summed E-state index contributed by atoms with van der Waals surface area (Å²) in [6, 6.07) is 9.74. The van der Waals surface area contributed by atoms with Gasteiger partial charge in [0, 0.05) is 49.2 Å². The van der Waals surface area contributed by atoms with Crippen LogP contribution < -0.4 is 14.5 Å². The molecule has 2 aromatic carbocycles. The minimum atomic E-state index is -0.832. The summed E-state index contributed by atoms with van der Waals surface area (Å²) in [6.45, 7) is 4.40. The van der Waals surface area contributed by atoms with E-state index in [4.69, 9.17) is 26.3 Å². The second-order valence-electron chi connectivity index (χ2n) is 12.8. The van der Waals surface area contributed by atoms with Crippen LogP contribution in [0, 0.1) is 17.3 Å². The normalized spacial score (nSPS) is 28.3. The molecule has 4 saturated heterocycles. The van der Waals surface area contributed by atoms with Gasteiger partial charge >= 0.3 is 6.01 Å². The van der Waals surface area contributed by atoms with Crippen LogP contribution in [-0.2, 0) is 13.0 Å². The first-order valence-electron chi connectivity index (χ1n) is 15.4. The molecule has 11 heteroatoms. The Hall–Kier alpha value is -3.42. The highest BCUT2D eigenvalue weighted by molar-refractivity contribution is 6.36. The van der Waals surface area contributed by atoms with E-state index in [1.54, 1.807) is 6.07 Å². The van der Waals surface area contributed by atoms with Crippen molar-refractivity contribution < 1.29 is 13.5 Å². The fourth-order valence-corrected chi connectivity index (χ4v) is 8.63. The lowest BCUT2D eigenvalue weighted by Gasteiger charge is -2.40. The maximum Gasteiger partial charge on any atom is 0.318 e. The first-order valence-corrected chi connectivity index (χ1v) is 15.8. The molecule has 0 aliphatic carbocycles. The Morgan fingerprint density at radius 3 is 2.72 bits per heavy atom. The zero-order valence-corrected chi connectivity index (χ0v) is 24.7. The van der Waals surface area contributed by atoms with Crippen LogP contribution in [0.25, 0.3) is 10.8 Å². The van der Waals surface area contributed by atoms with Crippen molar-refractivity contribution in [2.75, 3.05) is 49.1 Å². The Kier molecular flexibility index (Phi) is 6.53. The van der Waals surface area contributed by atoms with E-state index >= 15 is 0 Å². The standard InChI is InChI=1S/C32H34ClF2N7O/c33-29-25(35)8-5-20-3-1-4-27(28(20)29)39-12-9-24-26(17-39)37-31(43-18-32-10-2-11-41(32)14-21(34)13-32)38-30(24)40-15-22-6-7-23(16-40)42(22)19-36/h1,3-5,8,21-23H,2,6-7,9-18H2/t21-,22?,23?,32+/m1/s1. The molecule has 0 N–H and O–H groups in total. The number of anilines is 2. The molecule has 43 heavy (non-hydrogen) atoms. The van der Waals surface area contributed by atoms with Crippen LogP contribution in [0.2, 0.25) is 5.02 Å². The molecule has 8 rings (SSSR count). The predicted octanol–water partition coefficient (Wildman–Crippen LogP) is 5.07. The van der Waals surface area contributed by atoms with E-state index < -0.39 is 12.0 Å². The van der Waals surface area contributed by atoms with Gasteiger partial charge in [-0.15, -0.1) is 0 Å². The molecule has 4 fully saturated rings. The van der Waals surface area contributed by atoms with Crippen LogP contribution in [0.1, 0.15) is 43.4 Å². The molecule has 8 nitrogen and oxygen atoms in total. The number of nitrogens with zero attached hydrogens (tertiary/aromatic N) is 7. The van der Waals surface area contributed by atoms with E-state index in [9.17, 15) is 14.0 Å². The van der Waals surface area contributed by atoms with Crippen molar-refractivity contribution in [3.05, 3.63) is 52.4 Å². The van der Waals surface area contributed by atoms with Gasteiger partial charge in [-0.25, -0.2) is 8.78 Å². The largest absolute Gasteiger partial charge is 0.461 e. The number of alkyl halides is 1. The van der Waals surface area contributed by atoms with Gasteiger partial charge in [0.2, 0.25) is 0 Å². The molecule has 0 saturated carbocycles. The van der Waals surface area contributed by atoms with Gasteiger partial charge in [0.25, 0.3) is 0 Å². The molecular formula is C32H34ClF2N7O. The fraction of sp³-hybridized carbons (Fsp3) is 0.531. The minimum absolute atomic E-state index is 0.125. The molecule has 2 unspecified atom stereocenters. The molecular weight excluding hydrogens is 572 g/mol. The number of rotatable bonds is 5. The average Bonchev–Trinajstić information content (AvgIpc) is 3.63. The van der Waals surface area contributed by atoms with Crippen LogP contribution >= 0.6 is 11.6 Å². The second-order valence-corrected chi connectivity index (χ2v) is 13.2. The second kappa shape index (κ2) is 10.3. The first-order chi connectivity index (χ1) is 20.9. The van der Waals surface area contributed by atoms with Crippen molar-refractivity contribution in [1.29, 1.82) is 5.26 Å². The summed E-state index contributed by atoms with van der Waals surface area (Å²) in [5.41, 5.74) is 2.54. The molecule has 1 aromatic heterocycles. The van der Waals surface area contributed by atoms with Gasteiger partial charge in [0.15, 0.2) is 6.19 Å². The molecule has 3 aromatic rings. The smallest absolute Gasteiger partial charge is 0.318 e.